The van der Waals surface area contributed by atoms with Crippen molar-refractivity contribution in [2.45, 2.75) is 19.4 Å². The van der Waals surface area contributed by atoms with E-state index < -0.39 is 0 Å². The zero-order valence-corrected chi connectivity index (χ0v) is 14.4. The molecule has 1 atom stereocenters. The van der Waals surface area contributed by atoms with Crippen LogP contribution in [0.1, 0.15) is 24.2 Å². The lowest BCUT2D eigenvalue weighted by atomic mass is 10.0. The van der Waals surface area contributed by atoms with Gasteiger partial charge in [0.05, 0.1) is 17.3 Å². The number of H-pyrrole nitrogens is 1. The van der Waals surface area contributed by atoms with Gasteiger partial charge in [0, 0.05) is 29.4 Å². The van der Waals surface area contributed by atoms with Gasteiger partial charge in [-0.2, -0.15) is 0 Å². The van der Waals surface area contributed by atoms with Crippen LogP contribution in [0.2, 0.25) is 0 Å². The highest BCUT2D eigenvalue weighted by Crippen LogP contribution is 2.32. The number of pyridine rings is 1. The van der Waals surface area contributed by atoms with Gasteiger partial charge in [0.2, 0.25) is 5.91 Å². The van der Waals surface area contributed by atoms with Crippen molar-refractivity contribution in [3.8, 4) is 5.75 Å². The minimum Gasteiger partial charge on any atom is -0.508 e. The van der Waals surface area contributed by atoms with Gasteiger partial charge in [0.25, 0.3) is 0 Å². The number of phenols is 1. The quantitative estimate of drug-likeness (QED) is 0.526. The number of carbonyl (C=O) groups is 1. The van der Waals surface area contributed by atoms with E-state index >= 15 is 0 Å². The van der Waals surface area contributed by atoms with Gasteiger partial charge in [-0.15, -0.1) is 0 Å². The third-order valence-electron chi connectivity index (χ3n) is 4.52. The average molecular weight is 345 g/mol. The van der Waals surface area contributed by atoms with Gasteiger partial charge in [0.15, 0.2) is 0 Å². The van der Waals surface area contributed by atoms with Crippen LogP contribution in [0.3, 0.4) is 0 Å². The molecular formula is C21H19N3O2. The van der Waals surface area contributed by atoms with Crippen LogP contribution < -0.4 is 5.32 Å². The lowest BCUT2D eigenvalue weighted by Gasteiger charge is -2.18. The van der Waals surface area contributed by atoms with Crippen molar-refractivity contribution >= 4 is 27.7 Å². The summed E-state index contributed by atoms with van der Waals surface area (Å²) in [5.41, 5.74) is 3.71. The van der Waals surface area contributed by atoms with E-state index in [9.17, 15) is 9.90 Å². The highest BCUT2D eigenvalue weighted by atomic mass is 16.3. The van der Waals surface area contributed by atoms with Crippen molar-refractivity contribution in [3.05, 3.63) is 72.1 Å². The standard InChI is InChI=1S/C21H19N3O2/c1-13(25)23-19(11-14-5-3-2-4-6-14)21-20-16(9-10-22-21)17-12-15(26)7-8-18(17)24-20/h2-10,12,19,24,26H,11H2,1H3,(H,23,25). The first-order chi connectivity index (χ1) is 12.6. The molecule has 0 spiro atoms. The normalized spacial score (nSPS) is 12.3. The molecule has 26 heavy (non-hydrogen) atoms. The summed E-state index contributed by atoms with van der Waals surface area (Å²) in [5.74, 6) is 0.123. The average Bonchev–Trinajstić information content (AvgIpc) is 2.99. The fourth-order valence-corrected chi connectivity index (χ4v) is 3.41. The fraction of sp³-hybridized carbons (Fsp3) is 0.143. The molecule has 0 bridgehead atoms. The number of carbonyl (C=O) groups excluding carboxylic acids is 1. The second-order valence-corrected chi connectivity index (χ2v) is 6.42. The second-order valence-electron chi connectivity index (χ2n) is 6.42. The van der Waals surface area contributed by atoms with Crippen LogP contribution in [0.4, 0.5) is 0 Å². The Hall–Kier alpha value is -3.34. The Balaban J connectivity index is 1.85. The summed E-state index contributed by atoms with van der Waals surface area (Å²) in [6, 6.07) is 16.9. The summed E-state index contributed by atoms with van der Waals surface area (Å²) in [4.78, 5) is 19.7. The largest absolute Gasteiger partial charge is 0.508 e. The van der Waals surface area contributed by atoms with E-state index in [0.29, 0.717) is 6.42 Å². The van der Waals surface area contributed by atoms with Crippen molar-refractivity contribution in [2.75, 3.05) is 0 Å². The van der Waals surface area contributed by atoms with Crippen LogP contribution >= 0.6 is 0 Å². The summed E-state index contributed by atoms with van der Waals surface area (Å²) in [6.45, 7) is 1.52. The molecule has 2 aromatic carbocycles. The number of nitrogens with one attached hydrogen (secondary N) is 2. The van der Waals surface area contributed by atoms with Gasteiger partial charge in [-0.05, 0) is 36.2 Å². The van der Waals surface area contributed by atoms with Gasteiger partial charge in [-0.3, -0.25) is 9.78 Å². The van der Waals surface area contributed by atoms with Crippen LogP contribution in [0.25, 0.3) is 21.8 Å². The summed E-state index contributed by atoms with van der Waals surface area (Å²) >= 11 is 0. The number of hydrogen-bond donors (Lipinski definition) is 3. The van der Waals surface area contributed by atoms with E-state index in [1.54, 1.807) is 18.3 Å². The highest BCUT2D eigenvalue weighted by molar-refractivity contribution is 6.08. The number of benzene rings is 2. The number of aromatic hydroxyl groups is 1. The molecule has 0 radical (unpaired) electrons. The third-order valence-corrected chi connectivity index (χ3v) is 4.52. The van der Waals surface area contributed by atoms with E-state index in [1.165, 1.54) is 6.92 Å². The second kappa shape index (κ2) is 6.52. The number of hydrogen-bond acceptors (Lipinski definition) is 3. The predicted molar refractivity (Wildman–Crippen MR) is 102 cm³/mol. The van der Waals surface area contributed by atoms with Crippen molar-refractivity contribution in [1.82, 2.24) is 15.3 Å². The maximum atomic E-state index is 11.8. The number of amides is 1. The third kappa shape index (κ3) is 2.99. The molecule has 0 aliphatic rings. The Kier molecular flexibility index (Phi) is 4.05. The van der Waals surface area contributed by atoms with Gasteiger partial charge in [0.1, 0.15) is 5.75 Å². The molecule has 0 saturated carbocycles. The molecule has 3 N–H and O–H groups in total. The van der Waals surface area contributed by atoms with Crippen LogP contribution in [0.5, 0.6) is 5.75 Å². The first kappa shape index (κ1) is 16.1. The molecule has 5 heteroatoms. The zero-order valence-electron chi connectivity index (χ0n) is 14.4. The van der Waals surface area contributed by atoms with Crippen molar-refractivity contribution in [1.29, 1.82) is 0 Å². The molecule has 1 unspecified atom stereocenters. The van der Waals surface area contributed by atoms with E-state index in [1.807, 2.05) is 42.5 Å². The number of aromatic nitrogens is 2. The van der Waals surface area contributed by atoms with Crippen molar-refractivity contribution in [3.63, 3.8) is 0 Å². The minimum absolute atomic E-state index is 0.0986. The van der Waals surface area contributed by atoms with Crippen LogP contribution in [0, 0.1) is 0 Å². The molecule has 130 valence electrons. The topological polar surface area (TPSA) is 78.0 Å². The maximum absolute atomic E-state index is 11.8. The molecule has 4 aromatic rings. The van der Waals surface area contributed by atoms with Crippen LogP contribution in [-0.2, 0) is 11.2 Å². The summed E-state index contributed by atoms with van der Waals surface area (Å²) < 4.78 is 0. The first-order valence-corrected chi connectivity index (χ1v) is 8.52. The molecular weight excluding hydrogens is 326 g/mol. The number of fused-ring (bicyclic) bond motifs is 3. The number of rotatable bonds is 4. The molecule has 2 heterocycles. The van der Waals surface area contributed by atoms with Crippen LogP contribution in [0.15, 0.2) is 60.8 Å². The van der Waals surface area contributed by atoms with E-state index in [4.69, 9.17) is 0 Å². The Morgan fingerprint density at radius 2 is 1.96 bits per heavy atom. The summed E-state index contributed by atoms with van der Waals surface area (Å²) in [5, 5.41) is 14.7. The van der Waals surface area contributed by atoms with E-state index in [2.05, 4.69) is 15.3 Å². The first-order valence-electron chi connectivity index (χ1n) is 8.52. The van der Waals surface area contributed by atoms with Crippen molar-refractivity contribution in [2.24, 2.45) is 0 Å². The molecule has 1 amide bonds. The number of phenolic OH excluding ortho intramolecular Hbond substituents is 1. The lowest BCUT2D eigenvalue weighted by Crippen LogP contribution is -2.28. The number of aromatic amines is 1. The lowest BCUT2D eigenvalue weighted by molar-refractivity contribution is -0.119. The molecule has 0 aliphatic heterocycles. The van der Waals surface area contributed by atoms with Gasteiger partial charge in [-0.1, -0.05) is 30.3 Å². The Morgan fingerprint density at radius 3 is 2.73 bits per heavy atom. The van der Waals surface area contributed by atoms with Gasteiger partial charge >= 0.3 is 0 Å². The smallest absolute Gasteiger partial charge is 0.217 e. The molecule has 4 rings (SSSR count). The monoisotopic (exact) mass is 345 g/mol. The Morgan fingerprint density at radius 1 is 1.15 bits per heavy atom. The summed E-state index contributed by atoms with van der Waals surface area (Å²) in [7, 11) is 0. The molecule has 0 aliphatic carbocycles. The van der Waals surface area contributed by atoms with Crippen molar-refractivity contribution < 1.29 is 9.90 Å². The maximum Gasteiger partial charge on any atom is 0.217 e. The Bertz CT molecular complexity index is 1090. The van der Waals surface area contributed by atoms with Gasteiger partial charge < -0.3 is 15.4 Å². The zero-order chi connectivity index (χ0) is 18.1. The van der Waals surface area contributed by atoms with Crippen LogP contribution in [-0.4, -0.2) is 21.0 Å². The molecule has 0 fully saturated rings. The predicted octanol–water partition coefficient (Wildman–Crippen LogP) is 3.84. The SMILES string of the molecule is CC(=O)NC(Cc1ccccc1)c1nccc2c1[nH]c1ccc(O)cc12. The molecule has 5 nitrogen and oxygen atoms in total. The summed E-state index contributed by atoms with van der Waals surface area (Å²) in [6.07, 6.45) is 2.39. The van der Waals surface area contributed by atoms with E-state index in [0.717, 1.165) is 33.1 Å². The molecule has 2 aromatic heterocycles. The highest BCUT2D eigenvalue weighted by Gasteiger charge is 2.20. The number of nitrogens with zero attached hydrogens (tertiary/aromatic N) is 1. The van der Waals surface area contributed by atoms with E-state index in [-0.39, 0.29) is 17.7 Å². The molecule has 0 saturated heterocycles. The van der Waals surface area contributed by atoms with Gasteiger partial charge in [-0.25, -0.2) is 0 Å². The Labute approximate surface area is 150 Å². The fourth-order valence-electron chi connectivity index (χ4n) is 3.41. The minimum atomic E-state index is -0.250.